The van der Waals surface area contributed by atoms with E-state index in [1.54, 1.807) is 0 Å². The van der Waals surface area contributed by atoms with E-state index in [0.717, 1.165) is 12.0 Å². The van der Waals surface area contributed by atoms with Crippen LogP contribution in [0, 0.1) is 5.92 Å². The molecule has 2 rings (SSSR count). The molecule has 0 fully saturated rings. The fourth-order valence-corrected chi connectivity index (χ4v) is 2.47. The van der Waals surface area contributed by atoms with Crippen LogP contribution in [0.4, 0.5) is 4.79 Å². The molecule has 0 aromatic heterocycles. The van der Waals surface area contributed by atoms with Crippen molar-refractivity contribution in [2.45, 2.75) is 20.3 Å². The van der Waals surface area contributed by atoms with Crippen LogP contribution < -0.4 is 10.1 Å². The normalized spacial score (nSPS) is 10.6. The van der Waals surface area contributed by atoms with Crippen molar-refractivity contribution < 1.29 is 14.3 Å². The van der Waals surface area contributed by atoms with E-state index in [1.165, 1.54) is 5.56 Å². The fourth-order valence-electron chi connectivity index (χ4n) is 2.21. The lowest BCUT2D eigenvalue weighted by Gasteiger charge is -2.11. The molecule has 134 valence electrons. The second-order valence-electron chi connectivity index (χ2n) is 6.19. The van der Waals surface area contributed by atoms with Gasteiger partial charge in [0, 0.05) is 0 Å². The topological polar surface area (TPSA) is 47.6 Å². The maximum absolute atomic E-state index is 11.4. The SMILES string of the molecule is CC(C)COC(=O)NCCOc1ccc(Cc2ccccc2)cc1Cl. The zero-order chi connectivity index (χ0) is 18.1. The van der Waals surface area contributed by atoms with Crippen LogP contribution in [0.2, 0.25) is 5.02 Å². The minimum absolute atomic E-state index is 0.315. The Morgan fingerprint density at radius 3 is 2.56 bits per heavy atom. The highest BCUT2D eigenvalue weighted by Crippen LogP contribution is 2.26. The van der Waals surface area contributed by atoms with Crippen LogP contribution >= 0.6 is 11.6 Å². The van der Waals surface area contributed by atoms with Crippen molar-refractivity contribution in [3.8, 4) is 5.75 Å². The number of carbonyl (C=O) groups is 1. The summed E-state index contributed by atoms with van der Waals surface area (Å²) in [7, 11) is 0. The highest BCUT2D eigenvalue weighted by molar-refractivity contribution is 6.32. The average molecular weight is 362 g/mol. The van der Waals surface area contributed by atoms with Crippen molar-refractivity contribution in [3.63, 3.8) is 0 Å². The molecule has 1 amide bonds. The van der Waals surface area contributed by atoms with Gasteiger partial charge in [-0.2, -0.15) is 0 Å². The summed E-state index contributed by atoms with van der Waals surface area (Å²) in [5.74, 6) is 0.922. The highest BCUT2D eigenvalue weighted by Gasteiger charge is 2.06. The first-order valence-corrected chi connectivity index (χ1v) is 8.78. The van der Waals surface area contributed by atoms with Crippen LogP contribution in [-0.2, 0) is 11.2 Å². The molecule has 0 aliphatic heterocycles. The van der Waals surface area contributed by atoms with Crippen LogP contribution in [0.25, 0.3) is 0 Å². The molecule has 0 aliphatic carbocycles. The van der Waals surface area contributed by atoms with Gasteiger partial charge in [-0.25, -0.2) is 4.79 Å². The minimum atomic E-state index is -0.429. The van der Waals surface area contributed by atoms with Gasteiger partial charge >= 0.3 is 6.09 Å². The summed E-state index contributed by atoms with van der Waals surface area (Å²) >= 11 is 6.28. The predicted octanol–water partition coefficient (Wildman–Crippen LogP) is 4.69. The van der Waals surface area contributed by atoms with Crippen molar-refractivity contribution in [1.82, 2.24) is 5.32 Å². The fraction of sp³-hybridized carbons (Fsp3) is 0.350. The molecule has 0 atom stereocenters. The Hall–Kier alpha value is -2.20. The Kier molecular flexibility index (Phi) is 7.61. The Morgan fingerprint density at radius 2 is 1.88 bits per heavy atom. The summed E-state index contributed by atoms with van der Waals surface area (Å²) < 4.78 is 10.6. The van der Waals surface area contributed by atoms with Crippen molar-refractivity contribution in [2.24, 2.45) is 5.92 Å². The molecule has 0 radical (unpaired) electrons. The zero-order valence-electron chi connectivity index (χ0n) is 14.6. The van der Waals surface area contributed by atoms with Crippen LogP contribution in [0.15, 0.2) is 48.5 Å². The number of rotatable bonds is 8. The van der Waals surface area contributed by atoms with Crippen LogP contribution in [-0.4, -0.2) is 25.9 Å². The largest absolute Gasteiger partial charge is 0.490 e. The van der Waals surface area contributed by atoms with Crippen LogP contribution in [0.1, 0.15) is 25.0 Å². The van der Waals surface area contributed by atoms with Gasteiger partial charge in [0.1, 0.15) is 12.4 Å². The maximum atomic E-state index is 11.4. The highest BCUT2D eigenvalue weighted by atomic mass is 35.5. The standard InChI is InChI=1S/C20H24ClNO3/c1-15(2)14-25-20(23)22-10-11-24-19-9-8-17(13-18(19)21)12-16-6-4-3-5-7-16/h3-9,13,15H,10-12,14H2,1-2H3,(H,22,23). The predicted molar refractivity (Wildman–Crippen MR) is 100 cm³/mol. The Bertz CT molecular complexity index is 674. The molecule has 0 heterocycles. The van der Waals surface area contributed by atoms with Gasteiger partial charge in [0.05, 0.1) is 18.2 Å². The van der Waals surface area contributed by atoms with E-state index in [2.05, 4.69) is 17.4 Å². The van der Waals surface area contributed by atoms with Gasteiger partial charge in [0.15, 0.2) is 0 Å². The number of nitrogens with one attached hydrogen (secondary N) is 1. The third kappa shape index (κ3) is 7.06. The Balaban J connectivity index is 1.76. The summed E-state index contributed by atoms with van der Waals surface area (Å²) in [4.78, 5) is 11.4. The smallest absolute Gasteiger partial charge is 0.407 e. The minimum Gasteiger partial charge on any atom is -0.490 e. The molecule has 5 heteroatoms. The molecule has 0 unspecified atom stereocenters. The molecule has 0 saturated carbocycles. The third-order valence-electron chi connectivity index (χ3n) is 3.42. The molecular formula is C20H24ClNO3. The summed E-state index contributed by atoms with van der Waals surface area (Å²) in [6.07, 6.45) is 0.394. The second-order valence-corrected chi connectivity index (χ2v) is 6.60. The summed E-state index contributed by atoms with van der Waals surface area (Å²) in [6.45, 7) is 5.06. The number of amides is 1. The first kappa shape index (κ1) is 19.1. The maximum Gasteiger partial charge on any atom is 0.407 e. The summed E-state index contributed by atoms with van der Waals surface area (Å²) in [5, 5.41) is 3.21. The quantitative estimate of drug-likeness (QED) is 0.694. The number of benzene rings is 2. The van der Waals surface area contributed by atoms with Crippen LogP contribution in [0.3, 0.4) is 0 Å². The van der Waals surface area contributed by atoms with Gasteiger partial charge in [-0.3, -0.25) is 0 Å². The number of hydrogen-bond donors (Lipinski definition) is 1. The van der Waals surface area contributed by atoms with E-state index in [1.807, 2.05) is 50.2 Å². The molecular weight excluding hydrogens is 338 g/mol. The van der Waals surface area contributed by atoms with Crippen molar-refractivity contribution in [1.29, 1.82) is 0 Å². The average Bonchev–Trinajstić information content (AvgIpc) is 2.59. The molecule has 0 spiro atoms. The van der Waals surface area contributed by atoms with Crippen molar-refractivity contribution >= 4 is 17.7 Å². The second kappa shape index (κ2) is 9.94. The van der Waals surface area contributed by atoms with Gasteiger partial charge in [-0.1, -0.05) is 61.8 Å². The zero-order valence-corrected chi connectivity index (χ0v) is 15.4. The molecule has 0 bridgehead atoms. The third-order valence-corrected chi connectivity index (χ3v) is 3.72. The first-order chi connectivity index (χ1) is 12.0. The summed E-state index contributed by atoms with van der Waals surface area (Å²) in [6, 6.07) is 16.0. The van der Waals surface area contributed by atoms with E-state index in [0.29, 0.717) is 36.4 Å². The molecule has 2 aromatic carbocycles. The van der Waals surface area contributed by atoms with Gasteiger partial charge in [-0.15, -0.1) is 0 Å². The first-order valence-electron chi connectivity index (χ1n) is 8.40. The molecule has 2 aromatic rings. The lowest BCUT2D eigenvalue weighted by atomic mass is 10.1. The van der Waals surface area contributed by atoms with Crippen molar-refractivity contribution in [2.75, 3.05) is 19.8 Å². The van der Waals surface area contributed by atoms with Crippen LogP contribution in [0.5, 0.6) is 5.75 Å². The van der Waals surface area contributed by atoms with E-state index >= 15 is 0 Å². The van der Waals surface area contributed by atoms with Gasteiger partial charge in [-0.05, 0) is 35.6 Å². The Labute approximate surface area is 154 Å². The van der Waals surface area contributed by atoms with Crippen molar-refractivity contribution in [3.05, 3.63) is 64.7 Å². The summed E-state index contributed by atoms with van der Waals surface area (Å²) in [5.41, 5.74) is 2.36. The lowest BCUT2D eigenvalue weighted by molar-refractivity contribution is 0.131. The molecule has 0 aliphatic rings. The van der Waals surface area contributed by atoms with E-state index in [-0.39, 0.29) is 0 Å². The van der Waals surface area contributed by atoms with E-state index < -0.39 is 6.09 Å². The molecule has 1 N–H and O–H groups in total. The Morgan fingerprint density at radius 1 is 1.12 bits per heavy atom. The molecule has 4 nitrogen and oxygen atoms in total. The number of halogens is 1. The van der Waals surface area contributed by atoms with E-state index in [9.17, 15) is 4.79 Å². The molecule has 25 heavy (non-hydrogen) atoms. The monoisotopic (exact) mass is 361 g/mol. The number of carbonyl (C=O) groups excluding carboxylic acids is 1. The van der Waals surface area contributed by atoms with E-state index in [4.69, 9.17) is 21.1 Å². The number of alkyl carbamates (subject to hydrolysis) is 1. The van der Waals surface area contributed by atoms with Gasteiger partial charge in [0.2, 0.25) is 0 Å². The van der Waals surface area contributed by atoms with Gasteiger partial charge in [0.25, 0.3) is 0 Å². The number of ether oxygens (including phenoxy) is 2. The van der Waals surface area contributed by atoms with Gasteiger partial charge < -0.3 is 14.8 Å². The number of hydrogen-bond acceptors (Lipinski definition) is 3. The molecule has 0 saturated heterocycles. The lowest BCUT2D eigenvalue weighted by Crippen LogP contribution is -2.29.